The molecule has 1 aromatic rings. The number of benzene rings is 1. The van der Waals surface area contributed by atoms with Gasteiger partial charge in [-0.15, -0.1) is 0 Å². The Balaban J connectivity index is 2.91. The number of hydrogen-bond donors (Lipinski definition) is 0. The highest BCUT2D eigenvalue weighted by atomic mass is 79.9. The highest BCUT2D eigenvalue weighted by molar-refractivity contribution is 9.08. The second-order valence-electron chi connectivity index (χ2n) is 4.33. The lowest BCUT2D eigenvalue weighted by molar-refractivity contribution is 0.591. The van der Waals surface area contributed by atoms with Crippen LogP contribution < -0.4 is 4.90 Å². The number of rotatable bonds is 5. The van der Waals surface area contributed by atoms with Gasteiger partial charge < -0.3 is 4.90 Å². The van der Waals surface area contributed by atoms with Crippen LogP contribution in [0.4, 0.5) is 5.69 Å². The number of anilines is 1. The molecule has 0 N–H and O–H groups in total. The van der Waals surface area contributed by atoms with E-state index in [0.29, 0.717) is 6.04 Å². The number of nitrogens with zero attached hydrogens (tertiary/aromatic N) is 1. The first kappa shape index (κ1) is 13.6. The fourth-order valence-electron chi connectivity index (χ4n) is 2.10. The molecular formula is C14H22BrN. The molecule has 0 unspecified atom stereocenters. The minimum Gasteiger partial charge on any atom is -0.372 e. The van der Waals surface area contributed by atoms with E-state index in [1.54, 1.807) is 0 Å². The molecule has 90 valence electrons. The summed E-state index contributed by atoms with van der Waals surface area (Å²) in [6, 6.07) is 7.38. The predicted molar refractivity (Wildman–Crippen MR) is 76.6 cm³/mol. The maximum absolute atomic E-state index is 3.51. The van der Waals surface area contributed by atoms with Gasteiger partial charge in [0, 0.05) is 24.1 Å². The SMILES string of the molecule is CCC(CC)N(C)c1ccc(CBr)c(C)c1. The molecule has 0 radical (unpaired) electrons. The average Bonchev–Trinajstić information content (AvgIpc) is 2.30. The second-order valence-corrected chi connectivity index (χ2v) is 4.89. The molecule has 2 heteroatoms. The van der Waals surface area contributed by atoms with Gasteiger partial charge in [0.1, 0.15) is 0 Å². The van der Waals surface area contributed by atoms with Gasteiger partial charge >= 0.3 is 0 Å². The topological polar surface area (TPSA) is 3.24 Å². The van der Waals surface area contributed by atoms with E-state index < -0.39 is 0 Å². The van der Waals surface area contributed by atoms with Crippen molar-refractivity contribution in [1.29, 1.82) is 0 Å². The maximum Gasteiger partial charge on any atom is 0.0368 e. The molecule has 0 heterocycles. The standard InChI is InChI=1S/C14H22BrN/c1-5-13(6-2)16(4)14-8-7-12(10-15)11(3)9-14/h7-9,13H,5-6,10H2,1-4H3. The van der Waals surface area contributed by atoms with E-state index in [9.17, 15) is 0 Å². The predicted octanol–water partition coefficient (Wildman–Crippen LogP) is 4.51. The third kappa shape index (κ3) is 3.00. The van der Waals surface area contributed by atoms with Gasteiger partial charge in [0.15, 0.2) is 0 Å². The Kier molecular flexibility index (Phi) is 5.33. The molecule has 0 aromatic heterocycles. The van der Waals surface area contributed by atoms with E-state index in [4.69, 9.17) is 0 Å². The number of aryl methyl sites for hydroxylation is 1. The summed E-state index contributed by atoms with van der Waals surface area (Å²) in [4.78, 5) is 2.39. The van der Waals surface area contributed by atoms with E-state index in [2.05, 4.69) is 66.8 Å². The lowest BCUT2D eigenvalue weighted by Crippen LogP contribution is -2.30. The molecule has 0 bridgehead atoms. The summed E-state index contributed by atoms with van der Waals surface area (Å²) >= 11 is 3.51. The van der Waals surface area contributed by atoms with E-state index in [-0.39, 0.29) is 0 Å². The second kappa shape index (κ2) is 6.29. The molecule has 0 aliphatic rings. The summed E-state index contributed by atoms with van der Waals surface area (Å²) in [5.41, 5.74) is 4.07. The van der Waals surface area contributed by atoms with Crippen LogP contribution in [-0.2, 0) is 5.33 Å². The van der Waals surface area contributed by atoms with Crippen molar-refractivity contribution in [2.24, 2.45) is 0 Å². The average molecular weight is 284 g/mol. The van der Waals surface area contributed by atoms with Crippen LogP contribution in [0.5, 0.6) is 0 Å². The molecule has 1 aromatic carbocycles. The van der Waals surface area contributed by atoms with Crippen molar-refractivity contribution in [3.8, 4) is 0 Å². The first-order valence-corrected chi connectivity index (χ1v) is 7.14. The fourth-order valence-corrected chi connectivity index (χ4v) is 2.73. The molecule has 0 atom stereocenters. The Labute approximate surface area is 108 Å². The monoisotopic (exact) mass is 283 g/mol. The largest absolute Gasteiger partial charge is 0.372 e. The third-order valence-electron chi connectivity index (χ3n) is 3.37. The Morgan fingerprint density at radius 2 is 1.88 bits per heavy atom. The minimum atomic E-state index is 0.647. The van der Waals surface area contributed by atoms with E-state index in [1.165, 1.54) is 29.7 Å². The highest BCUT2D eigenvalue weighted by Gasteiger charge is 2.11. The van der Waals surface area contributed by atoms with Gasteiger partial charge in [-0.1, -0.05) is 35.8 Å². The highest BCUT2D eigenvalue weighted by Crippen LogP contribution is 2.23. The maximum atomic E-state index is 3.51. The van der Waals surface area contributed by atoms with Crippen molar-refractivity contribution in [2.75, 3.05) is 11.9 Å². The van der Waals surface area contributed by atoms with Crippen LogP contribution in [0.1, 0.15) is 37.8 Å². The zero-order valence-corrected chi connectivity index (χ0v) is 12.3. The smallest absolute Gasteiger partial charge is 0.0368 e. The van der Waals surface area contributed by atoms with Crippen LogP contribution in [0, 0.1) is 6.92 Å². The zero-order chi connectivity index (χ0) is 12.1. The van der Waals surface area contributed by atoms with Crippen LogP contribution in [0.25, 0.3) is 0 Å². The van der Waals surface area contributed by atoms with Crippen molar-refractivity contribution >= 4 is 21.6 Å². The normalized spacial score (nSPS) is 10.9. The van der Waals surface area contributed by atoms with Crippen molar-refractivity contribution < 1.29 is 0 Å². The summed E-state index contributed by atoms with van der Waals surface area (Å²) in [7, 11) is 2.19. The summed E-state index contributed by atoms with van der Waals surface area (Å²) < 4.78 is 0. The number of hydrogen-bond acceptors (Lipinski definition) is 1. The molecule has 0 saturated heterocycles. The molecule has 1 nitrogen and oxygen atoms in total. The Bertz CT molecular complexity index is 332. The Hall–Kier alpha value is -0.500. The summed E-state index contributed by atoms with van der Waals surface area (Å²) in [5.74, 6) is 0. The van der Waals surface area contributed by atoms with Crippen LogP contribution in [-0.4, -0.2) is 13.1 Å². The third-order valence-corrected chi connectivity index (χ3v) is 3.97. The fraction of sp³-hybridized carbons (Fsp3) is 0.571. The van der Waals surface area contributed by atoms with Gasteiger partial charge in [0.25, 0.3) is 0 Å². The molecule has 0 saturated carbocycles. The summed E-state index contributed by atoms with van der Waals surface area (Å²) in [5, 5.41) is 0.938. The Morgan fingerprint density at radius 1 is 1.25 bits per heavy atom. The van der Waals surface area contributed by atoms with E-state index in [0.717, 1.165) is 5.33 Å². The minimum absolute atomic E-state index is 0.647. The molecule has 0 spiro atoms. The lowest BCUT2D eigenvalue weighted by atomic mass is 10.1. The quantitative estimate of drug-likeness (QED) is 0.719. The van der Waals surface area contributed by atoms with Crippen LogP contribution in [0.2, 0.25) is 0 Å². The van der Waals surface area contributed by atoms with Crippen LogP contribution >= 0.6 is 15.9 Å². The lowest BCUT2D eigenvalue weighted by Gasteiger charge is -2.29. The van der Waals surface area contributed by atoms with Gasteiger partial charge in [-0.05, 0) is 43.0 Å². The van der Waals surface area contributed by atoms with Crippen LogP contribution in [0.3, 0.4) is 0 Å². The molecule has 0 aliphatic carbocycles. The molecule has 1 rings (SSSR count). The summed E-state index contributed by atoms with van der Waals surface area (Å²) in [6.07, 6.45) is 2.40. The molecule has 0 fully saturated rings. The molecule has 16 heavy (non-hydrogen) atoms. The van der Waals surface area contributed by atoms with Gasteiger partial charge in [0.2, 0.25) is 0 Å². The zero-order valence-electron chi connectivity index (χ0n) is 10.8. The Morgan fingerprint density at radius 3 is 2.31 bits per heavy atom. The van der Waals surface area contributed by atoms with Crippen molar-refractivity contribution in [3.05, 3.63) is 29.3 Å². The molecule has 0 aliphatic heterocycles. The molecule has 0 amide bonds. The van der Waals surface area contributed by atoms with E-state index >= 15 is 0 Å². The van der Waals surface area contributed by atoms with Gasteiger partial charge in [0.05, 0.1) is 0 Å². The van der Waals surface area contributed by atoms with Gasteiger partial charge in [-0.3, -0.25) is 0 Å². The van der Waals surface area contributed by atoms with Gasteiger partial charge in [-0.2, -0.15) is 0 Å². The first-order valence-electron chi connectivity index (χ1n) is 6.02. The first-order chi connectivity index (χ1) is 7.63. The van der Waals surface area contributed by atoms with Crippen molar-refractivity contribution in [3.63, 3.8) is 0 Å². The van der Waals surface area contributed by atoms with E-state index in [1.807, 2.05) is 0 Å². The number of alkyl halides is 1. The van der Waals surface area contributed by atoms with Crippen molar-refractivity contribution in [1.82, 2.24) is 0 Å². The summed E-state index contributed by atoms with van der Waals surface area (Å²) in [6.45, 7) is 6.69. The van der Waals surface area contributed by atoms with Crippen molar-refractivity contribution in [2.45, 2.75) is 45.0 Å². The van der Waals surface area contributed by atoms with Gasteiger partial charge in [-0.25, -0.2) is 0 Å². The number of halogens is 1. The molecular weight excluding hydrogens is 262 g/mol. The van der Waals surface area contributed by atoms with Crippen LogP contribution in [0.15, 0.2) is 18.2 Å².